The van der Waals surface area contributed by atoms with Crippen molar-refractivity contribution in [3.63, 3.8) is 0 Å². The van der Waals surface area contributed by atoms with E-state index in [2.05, 4.69) is 143 Å². The lowest BCUT2D eigenvalue weighted by Gasteiger charge is -2.15. The first kappa shape index (κ1) is 32.6. The Morgan fingerprint density at radius 2 is 0.893 bits per heavy atom. The minimum Gasteiger partial charge on any atom is -0.455 e. The minimum atomic E-state index is 0.380. The summed E-state index contributed by atoms with van der Waals surface area (Å²) in [4.78, 5) is 10.8. The summed E-state index contributed by atoms with van der Waals surface area (Å²) in [5.74, 6) is 0.778. The maximum atomic E-state index is 6.60. The summed E-state index contributed by atoms with van der Waals surface area (Å²) >= 11 is 0. The van der Waals surface area contributed by atoms with Gasteiger partial charge in [-0.2, -0.15) is 0 Å². The molecule has 0 aliphatic rings. The second-order valence-corrected chi connectivity index (χ2v) is 15.7. The Kier molecular flexibility index (Phi) is 7.21. The van der Waals surface area contributed by atoms with Crippen LogP contribution in [0.25, 0.3) is 110 Å². The molecule has 3 aromatic heterocycles. The van der Waals surface area contributed by atoms with Crippen LogP contribution in [0.15, 0.2) is 155 Å². The molecule has 4 heteroatoms. The summed E-state index contributed by atoms with van der Waals surface area (Å²) in [5, 5.41) is 9.06. The molecular weight excluding hydrogens is 685 g/mol. The number of hydrogen-bond acceptors (Lipinski definition) is 4. The highest BCUT2D eigenvalue weighted by atomic mass is 16.3. The van der Waals surface area contributed by atoms with E-state index >= 15 is 0 Å². The molecule has 0 saturated carbocycles. The Morgan fingerprint density at radius 3 is 1.43 bits per heavy atom. The van der Waals surface area contributed by atoms with Gasteiger partial charge in [-0.25, -0.2) is 4.98 Å². The largest absolute Gasteiger partial charge is 0.455 e. The third-order valence-corrected chi connectivity index (χ3v) is 11.7. The van der Waals surface area contributed by atoms with Gasteiger partial charge in [0.15, 0.2) is 0 Å². The monoisotopic (exact) mass is 722 g/mol. The molecule has 8 aromatic carbocycles. The van der Waals surface area contributed by atoms with Crippen LogP contribution in [0.2, 0.25) is 0 Å². The number of nitrogens with zero attached hydrogens (tertiary/aromatic N) is 2. The van der Waals surface area contributed by atoms with Gasteiger partial charge in [0.2, 0.25) is 0 Å². The van der Waals surface area contributed by atoms with E-state index in [1.807, 2.05) is 30.5 Å². The minimum absolute atomic E-state index is 0.380. The second kappa shape index (κ2) is 12.4. The smallest absolute Gasteiger partial charge is 0.143 e. The average molecular weight is 723 g/mol. The van der Waals surface area contributed by atoms with Crippen LogP contribution >= 0.6 is 0 Å². The van der Waals surface area contributed by atoms with Crippen LogP contribution in [-0.4, -0.2) is 9.97 Å². The molecule has 0 aliphatic heterocycles. The fourth-order valence-corrected chi connectivity index (χ4v) is 8.65. The maximum Gasteiger partial charge on any atom is 0.143 e. The first-order valence-corrected chi connectivity index (χ1v) is 19.5. The van der Waals surface area contributed by atoms with Crippen molar-refractivity contribution in [2.45, 2.75) is 39.5 Å². The van der Waals surface area contributed by atoms with Gasteiger partial charge in [0.05, 0.1) is 22.9 Å². The van der Waals surface area contributed by atoms with Gasteiger partial charge in [0.1, 0.15) is 22.3 Å². The SMILES string of the molecule is CC(C)c1ccc2c3ccc(C(C)C)cc3c3nc(-c4cc(-c5cccc6c5oc5ccccc56)cc(-c5cccc6c5oc5ccccc56)c4)cnc3c2c1. The Hall–Kier alpha value is -6.78. The number of hydrogen-bond donors (Lipinski definition) is 0. The van der Waals surface area contributed by atoms with Gasteiger partial charge in [-0.1, -0.05) is 125 Å². The maximum absolute atomic E-state index is 6.60. The number of rotatable bonds is 5. The van der Waals surface area contributed by atoms with E-state index in [0.29, 0.717) is 11.8 Å². The molecule has 0 spiro atoms. The van der Waals surface area contributed by atoms with Gasteiger partial charge in [-0.3, -0.25) is 4.98 Å². The zero-order valence-corrected chi connectivity index (χ0v) is 31.7. The third-order valence-electron chi connectivity index (χ3n) is 11.7. The van der Waals surface area contributed by atoms with Crippen LogP contribution in [-0.2, 0) is 0 Å². The van der Waals surface area contributed by atoms with Crippen molar-refractivity contribution < 1.29 is 8.83 Å². The standard InChI is InChI=1S/C52H38N2O2/c1-29(2)31-19-21-38-39-22-20-32(30(3)4)27-45(39)50-49(44(38)26-31)53-28-46(54-50)35-24-33(36-13-9-15-42-40-11-5-7-17-47(40)55-51(36)42)23-34(25-35)37-14-10-16-43-41-12-6-8-18-48(41)56-52(37)43/h5-30H,1-4H3. The molecule has 268 valence electrons. The first-order chi connectivity index (χ1) is 27.4. The molecule has 11 rings (SSSR count). The van der Waals surface area contributed by atoms with Crippen LogP contribution in [0.5, 0.6) is 0 Å². The fraction of sp³-hybridized carbons (Fsp3) is 0.115. The van der Waals surface area contributed by atoms with Crippen LogP contribution in [0, 0.1) is 0 Å². The topological polar surface area (TPSA) is 52.1 Å². The van der Waals surface area contributed by atoms with E-state index in [-0.39, 0.29) is 0 Å². The van der Waals surface area contributed by atoms with Crippen LogP contribution < -0.4 is 0 Å². The van der Waals surface area contributed by atoms with E-state index in [1.54, 1.807) is 0 Å². The highest BCUT2D eigenvalue weighted by Gasteiger charge is 2.20. The summed E-state index contributed by atoms with van der Waals surface area (Å²) in [5.41, 5.74) is 13.8. The molecule has 3 heterocycles. The number of aromatic nitrogens is 2. The molecule has 0 N–H and O–H groups in total. The van der Waals surface area contributed by atoms with Crippen LogP contribution in [0.4, 0.5) is 0 Å². The van der Waals surface area contributed by atoms with E-state index in [0.717, 1.165) is 99.2 Å². The summed E-state index contributed by atoms with van der Waals surface area (Å²) in [6.45, 7) is 8.97. The number of para-hydroxylation sites is 4. The van der Waals surface area contributed by atoms with Gasteiger partial charge < -0.3 is 8.83 Å². The number of benzene rings is 8. The van der Waals surface area contributed by atoms with Crippen molar-refractivity contribution in [2.24, 2.45) is 0 Å². The molecule has 0 unspecified atom stereocenters. The fourth-order valence-electron chi connectivity index (χ4n) is 8.65. The molecular formula is C52H38N2O2. The zero-order valence-electron chi connectivity index (χ0n) is 31.7. The summed E-state index contributed by atoms with van der Waals surface area (Å²) in [6.07, 6.45) is 1.95. The van der Waals surface area contributed by atoms with Crippen LogP contribution in [0.3, 0.4) is 0 Å². The van der Waals surface area contributed by atoms with Crippen molar-refractivity contribution in [3.05, 3.63) is 157 Å². The molecule has 4 nitrogen and oxygen atoms in total. The van der Waals surface area contributed by atoms with Gasteiger partial charge in [-0.15, -0.1) is 0 Å². The molecule has 0 aliphatic carbocycles. The molecule has 11 aromatic rings. The normalized spacial score (nSPS) is 12.2. The molecule has 0 saturated heterocycles. The molecule has 0 atom stereocenters. The van der Waals surface area contributed by atoms with Crippen LogP contribution in [0.1, 0.15) is 50.7 Å². The molecule has 56 heavy (non-hydrogen) atoms. The molecule has 0 amide bonds. The van der Waals surface area contributed by atoms with Gasteiger partial charge >= 0.3 is 0 Å². The van der Waals surface area contributed by atoms with Gasteiger partial charge in [0, 0.05) is 49.0 Å². The quantitative estimate of drug-likeness (QED) is 0.166. The number of fused-ring (bicyclic) bond motifs is 12. The highest BCUT2D eigenvalue weighted by molar-refractivity contribution is 6.23. The van der Waals surface area contributed by atoms with Gasteiger partial charge in [-0.05, 0) is 87.3 Å². The van der Waals surface area contributed by atoms with Crippen molar-refractivity contribution >= 4 is 76.5 Å². The van der Waals surface area contributed by atoms with Crippen molar-refractivity contribution in [2.75, 3.05) is 0 Å². The zero-order chi connectivity index (χ0) is 37.7. The Bertz CT molecular complexity index is 3250. The average Bonchev–Trinajstić information content (AvgIpc) is 3.82. The predicted octanol–water partition coefficient (Wildman–Crippen LogP) is 15.0. The highest BCUT2D eigenvalue weighted by Crippen LogP contribution is 2.43. The molecule has 0 radical (unpaired) electrons. The van der Waals surface area contributed by atoms with Crippen molar-refractivity contribution in [1.82, 2.24) is 9.97 Å². The Labute approximate surface area is 324 Å². The second-order valence-electron chi connectivity index (χ2n) is 15.7. The Morgan fingerprint density at radius 1 is 0.411 bits per heavy atom. The van der Waals surface area contributed by atoms with Gasteiger partial charge in [0.25, 0.3) is 0 Å². The van der Waals surface area contributed by atoms with E-state index in [4.69, 9.17) is 18.8 Å². The van der Waals surface area contributed by atoms with Crippen molar-refractivity contribution in [1.29, 1.82) is 0 Å². The lowest BCUT2D eigenvalue weighted by atomic mass is 9.92. The van der Waals surface area contributed by atoms with Crippen molar-refractivity contribution in [3.8, 4) is 33.5 Å². The Balaban J connectivity index is 1.21. The van der Waals surface area contributed by atoms with E-state index in [9.17, 15) is 0 Å². The lowest BCUT2D eigenvalue weighted by molar-refractivity contribution is 0.670. The predicted molar refractivity (Wildman–Crippen MR) is 234 cm³/mol. The first-order valence-electron chi connectivity index (χ1n) is 19.5. The number of furan rings is 2. The molecule has 0 bridgehead atoms. The molecule has 0 fully saturated rings. The summed E-state index contributed by atoms with van der Waals surface area (Å²) in [6, 6.07) is 49.8. The van der Waals surface area contributed by atoms with E-state index < -0.39 is 0 Å². The summed E-state index contributed by atoms with van der Waals surface area (Å²) < 4.78 is 13.2. The van der Waals surface area contributed by atoms with E-state index in [1.165, 1.54) is 21.9 Å². The summed E-state index contributed by atoms with van der Waals surface area (Å²) in [7, 11) is 0. The third kappa shape index (κ3) is 4.99. The lowest BCUT2D eigenvalue weighted by Crippen LogP contribution is -1.96.